The van der Waals surface area contributed by atoms with Crippen LogP contribution in [0.5, 0.6) is 0 Å². The lowest BCUT2D eigenvalue weighted by Gasteiger charge is -2.45. The molecule has 0 atom stereocenters. The van der Waals surface area contributed by atoms with Gasteiger partial charge in [0, 0.05) is 29.3 Å². The number of likely N-dealkylation sites (tertiary alicyclic amines) is 1. The van der Waals surface area contributed by atoms with Gasteiger partial charge in [-0.3, -0.25) is 0 Å². The Morgan fingerprint density at radius 2 is 2.16 bits per heavy atom. The van der Waals surface area contributed by atoms with Gasteiger partial charge < -0.3 is 15.0 Å². The van der Waals surface area contributed by atoms with Crippen LogP contribution in [0.25, 0.3) is 0 Å². The summed E-state index contributed by atoms with van der Waals surface area (Å²) in [7, 11) is 0. The van der Waals surface area contributed by atoms with Crippen molar-refractivity contribution in [3.63, 3.8) is 0 Å². The first-order valence-electron chi connectivity index (χ1n) is 8.64. The van der Waals surface area contributed by atoms with E-state index in [1.54, 1.807) is 0 Å². The quantitative estimate of drug-likeness (QED) is 0.784. The van der Waals surface area contributed by atoms with Crippen molar-refractivity contribution >= 4 is 27.7 Å². The molecule has 0 aromatic heterocycles. The number of amides is 1. The number of anilines is 1. The standard InChI is InChI=1S/C19H24BrN3O2/c1-18(2,3)25-17(24)23-7-6-19(12-23)9-15(10-19)22-14-5-4-13(11-21)16(20)8-14/h4-5,8,15,22H,6-7,9-10,12H2,1-3H3. The maximum absolute atomic E-state index is 12.2. The summed E-state index contributed by atoms with van der Waals surface area (Å²) in [5.74, 6) is 0. The van der Waals surface area contributed by atoms with Gasteiger partial charge in [-0.2, -0.15) is 5.26 Å². The molecular weight excluding hydrogens is 382 g/mol. The summed E-state index contributed by atoms with van der Waals surface area (Å²) in [4.78, 5) is 14.1. The highest BCUT2D eigenvalue weighted by atomic mass is 79.9. The second kappa shape index (κ2) is 6.53. The minimum Gasteiger partial charge on any atom is -0.444 e. The first-order valence-corrected chi connectivity index (χ1v) is 9.43. The molecule has 5 nitrogen and oxygen atoms in total. The van der Waals surface area contributed by atoms with E-state index in [2.05, 4.69) is 27.3 Å². The smallest absolute Gasteiger partial charge is 0.410 e. The van der Waals surface area contributed by atoms with E-state index < -0.39 is 5.60 Å². The van der Waals surface area contributed by atoms with Crippen LogP contribution in [0.3, 0.4) is 0 Å². The molecule has 0 radical (unpaired) electrons. The van der Waals surface area contributed by atoms with Crippen LogP contribution in [-0.2, 0) is 4.74 Å². The maximum Gasteiger partial charge on any atom is 0.410 e. The Balaban J connectivity index is 1.52. The van der Waals surface area contributed by atoms with Crippen molar-refractivity contribution < 1.29 is 9.53 Å². The second-order valence-corrected chi connectivity index (χ2v) is 9.06. The molecule has 1 saturated carbocycles. The molecule has 0 bridgehead atoms. The fourth-order valence-electron chi connectivity index (χ4n) is 3.77. The predicted octanol–water partition coefficient (Wildman–Crippen LogP) is 4.52. The fourth-order valence-corrected chi connectivity index (χ4v) is 4.24. The van der Waals surface area contributed by atoms with Crippen molar-refractivity contribution in [2.45, 2.75) is 51.7 Å². The highest BCUT2D eigenvalue weighted by Crippen LogP contribution is 2.49. The molecule has 6 heteroatoms. The van der Waals surface area contributed by atoms with E-state index in [4.69, 9.17) is 10.00 Å². The van der Waals surface area contributed by atoms with E-state index in [0.717, 1.165) is 42.5 Å². The molecule has 1 spiro atoms. The third-order valence-electron chi connectivity index (χ3n) is 4.91. The number of rotatable bonds is 2. The van der Waals surface area contributed by atoms with Crippen LogP contribution in [0.2, 0.25) is 0 Å². The number of ether oxygens (including phenoxy) is 1. The lowest BCUT2D eigenvalue weighted by atomic mass is 9.65. The average molecular weight is 406 g/mol. The zero-order chi connectivity index (χ0) is 18.2. The highest BCUT2D eigenvalue weighted by Gasteiger charge is 2.50. The Kier molecular flexibility index (Phi) is 4.72. The van der Waals surface area contributed by atoms with E-state index >= 15 is 0 Å². The zero-order valence-electron chi connectivity index (χ0n) is 14.9. The van der Waals surface area contributed by atoms with Gasteiger partial charge in [-0.25, -0.2) is 4.79 Å². The van der Waals surface area contributed by atoms with Gasteiger partial charge in [-0.05, 0) is 79.6 Å². The Bertz CT molecular complexity index is 714. The number of carbonyl (C=O) groups excluding carboxylic acids is 1. The minimum atomic E-state index is -0.445. The Hall–Kier alpha value is -1.74. The predicted molar refractivity (Wildman–Crippen MR) is 100 cm³/mol. The number of benzene rings is 1. The number of halogens is 1. The normalized spacial score (nSPS) is 25.4. The fraction of sp³-hybridized carbons (Fsp3) is 0.579. The number of nitrogens with zero attached hydrogens (tertiary/aromatic N) is 2. The first-order chi connectivity index (χ1) is 11.7. The summed E-state index contributed by atoms with van der Waals surface area (Å²) >= 11 is 3.42. The number of nitriles is 1. The summed E-state index contributed by atoms with van der Waals surface area (Å²) in [5.41, 5.74) is 1.45. The van der Waals surface area contributed by atoms with E-state index in [9.17, 15) is 4.79 Å². The maximum atomic E-state index is 12.2. The van der Waals surface area contributed by atoms with Crippen LogP contribution in [0.1, 0.15) is 45.6 Å². The molecule has 2 aliphatic rings. The lowest BCUT2D eigenvalue weighted by Crippen LogP contribution is -2.47. The van der Waals surface area contributed by atoms with Crippen LogP contribution < -0.4 is 5.32 Å². The SMILES string of the molecule is CC(C)(C)OC(=O)N1CCC2(CC(Nc3ccc(C#N)c(Br)c3)C2)C1. The third-order valence-corrected chi connectivity index (χ3v) is 5.57. The third kappa shape index (κ3) is 4.09. The molecule has 1 saturated heterocycles. The number of hydrogen-bond acceptors (Lipinski definition) is 4. The molecular formula is C19H24BrN3O2. The zero-order valence-corrected chi connectivity index (χ0v) is 16.5. The second-order valence-electron chi connectivity index (χ2n) is 8.21. The topological polar surface area (TPSA) is 65.4 Å². The molecule has 1 aliphatic carbocycles. The summed E-state index contributed by atoms with van der Waals surface area (Å²) in [6, 6.07) is 8.28. The number of carbonyl (C=O) groups is 1. The van der Waals surface area contributed by atoms with E-state index in [-0.39, 0.29) is 11.5 Å². The average Bonchev–Trinajstić information content (AvgIpc) is 2.91. The van der Waals surface area contributed by atoms with Gasteiger partial charge in [0.1, 0.15) is 11.7 Å². The largest absolute Gasteiger partial charge is 0.444 e. The van der Waals surface area contributed by atoms with Gasteiger partial charge in [0.15, 0.2) is 0 Å². The Morgan fingerprint density at radius 1 is 1.44 bits per heavy atom. The molecule has 1 aliphatic heterocycles. The molecule has 1 aromatic carbocycles. The molecule has 3 rings (SSSR count). The van der Waals surface area contributed by atoms with E-state index in [1.165, 1.54) is 0 Å². The van der Waals surface area contributed by atoms with Crippen LogP contribution >= 0.6 is 15.9 Å². The minimum absolute atomic E-state index is 0.197. The highest BCUT2D eigenvalue weighted by molar-refractivity contribution is 9.10. The van der Waals surface area contributed by atoms with Crippen molar-refractivity contribution in [1.82, 2.24) is 4.90 Å². The molecule has 1 heterocycles. The molecule has 1 aromatic rings. The van der Waals surface area contributed by atoms with Gasteiger partial charge >= 0.3 is 6.09 Å². The Morgan fingerprint density at radius 3 is 2.76 bits per heavy atom. The van der Waals surface area contributed by atoms with Crippen molar-refractivity contribution in [2.75, 3.05) is 18.4 Å². The van der Waals surface area contributed by atoms with Crippen molar-refractivity contribution in [1.29, 1.82) is 5.26 Å². The molecule has 134 valence electrons. The van der Waals surface area contributed by atoms with Gasteiger partial charge in [-0.15, -0.1) is 0 Å². The van der Waals surface area contributed by atoms with E-state index in [1.807, 2.05) is 43.9 Å². The summed E-state index contributed by atoms with van der Waals surface area (Å²) in [5, 5.41) is 12.5. The van der Waals surface area contributed by atoms with Gasteiger partial charge in [0.2, 0.25) is 0 Å². The first kappa shape index (κ1) is 18.1. The molecule has 0 unspecified atom stereocenters. The summed E-state index contributed by atoms with van der Waals surface area (Å²) < 4.78 is 6.29. The summed E-state index contributed by atoms with van der Waals surface area (Å²) in [6.07, 6.45) is 2.96. The molecule has 1 N–H and O–H groups in total. The van der Waals surface area contributed by atoms with Crippen LogP contribution in [0.15, 0.2) is 22.7 Å². The summed E-state index contributed by atoms with van der Waals surface area (Å²) in [6.45, 7) is 7.27. The molecule has 25 heavy (non-hydrogen) atoms. The van der Waals surface area contributed by atoms with E-state index in [0.29, 0.717) is 11.6 Å². The van der Waals surface area contributed by atoms with Crippen molar-refractivity contribution in [3.8, 4) is 6.07 Å². The van der Waals surface area contributed by atoms with Crippen LogP contribution in [0, 0.1) is 16.7 Å². The Labute approximate surface area is 157 Å². The van der Waals surface area contributed by atoms with Gasteiger partial charge in [0.25, 0.3) is 0 Å². The lowest BCUT2D eigenvalue weighted by molar-refractivity contribution is 0.0237. The number of hydrogen-bond donors (Lipinski definition) is 1. The van der Waals surface area contributed by atoms with Gasteiger partial charge in [-0.1, -0.05) is 0 Å². The van der Waals surface area contributed by atoms with Crippen LogP contribution in [-0.4, -0.2) is 35.7 Å². The van der Waals surface area contributed by atoms with Crippen molar-refractivity contribution in [3.05, 3.63) is 28.2 Å². The molecule has 2 fully saturated rings. The molecule has 1 amide bonds. The van der Waals surface area contributed by atoms with Gasteiger partial charge in [0.05, 0.1) is 5.56 Å². The monoisotopic (exact) mass is 405 g/mol. The van der Waals surface area contributed by atoms with Crippen molar-refractivity contribution in [2.24, 2.45) is 5.41 Å². The van der Waals surface area contributed by atoms with Crippen LogP contribution in [0.4, 0.5) is 10.5 Å². The number of nitrogens with one attached hydrogen (secondary N) is 1.